The lowest BCUT2D eigenvalue weighted by Crippen LogP contribution is -1.86. The minimum absolute atomic E-state index is 0.757. The van der Waals surface area contributed by atoms with Crippen LogP contribution in [0.1, 0.15) is 5.56 Å². The molecule has 5 heteroatoms. The summed E-state index contributed by atoms with van der Waals surface area (Å²) in [5.41, 5.74) is 7.59. The lowest BCUT2D eigenvalue weighted by atomic mass is 10.2. The van der Waals surface area contributed by atoms with Crippen molar-refractivity contribution in [3.05, 3.63) is 55.9 Å². The molecule has 2 rings (SSSR count). The first-order valence-electron chi connectivity index (χ1n) is 5.18. The van der Waals surface area contributed by atoms with Crippen LogP contribution in [0.2, 0.25) is 5.02 Å². The number of rotatable bonds is 3. The average Bonchev–Trinajstić information content (AvgIpc) is 2.30. The SMILES string of the molecule is Nc1ccc(SCc2ccc(Br)cc2Cl)c(Br)c1. The van der Waals surface area contributed by atoms with Crippen LogP contribution in [0.4, 0.5) is 5.69 Å². The van der Waals surface area contributed by atoms with Gasteiger partial charge in [0.05, 0.1) is 0 Å². The zero-order valence-corrected chi connectivity index (χ0v) is 14.0. The smallest absolute Gasteiger partial charge is 0.0457 e. The van der Waals surface area contributed by atoms with Gasteiger partial charge in [-0.1, -0.05) is 33.6 Å². The number of nitrogen functional groups attached to an aromatic ring is 1. The van der Waals surface area contributed by atoms with Crippen molar-refractivity contribution in [2.75, 3.05) is 5.73 Å². The molecule has 2 aromatic rings. The summed E-state index contributed by atoms with van der Waals surface area (Å²) in [7, 11) is 0. The second kappa shape index (κ2) is 6.33. The molecule has 0 unspecified atom stereocenters. The molecule has 0 aromatic heterocycles. The largest absolute Gasteiger partial charge is 0.399 e. The predicted molar refractivity (Wildman–Crippen MR) is 87.3 cm³/mol. The second-order valence-corrected chi connectivity index (χ2v) is 6.91. The molecule has 2 N–H and O–H groups in total. The number of hydrogen-bond donors (Lipinski definition) is 1. The van der Waals surface area contributed by atoms with Crippen molar-refractivity contribution in [1.82, 2.24) is 0 Å². The summed E-state index contributed by atoms with van der Waals surface area (Å²) < 4.78 is 2.01. The Kier molecular flexibility index (Phi) is 5.01. The summed E-state index contributed by atoms with van der Waals surface area (Å²) >= 11 is 14.8. The molecule has 1 nitrogen and oxygen atoms in total. The van der Waals surface area contributed by atoms with Gasteiger partial charge in [0.25, 0.3) is 0 Å². The van der Waals surface area contributed by atoms with E-state index in [0.29, 0.717) is 0 Å². The Morgan fingerprint density at radius 3 is 2.56 bits per heavy atom. The molecule has 0 aliphatic rings. The Hall–Kier alpha value is -0.160. The van der Waals surface area contributed by atoms with Crippen molar-refractivity contribution in [2.45, 2.75) is 10.6 Å². The van der Waals surface area contributed by atoms with Crippen LogP contribution in [0.3, 0.4) is 0 Å². The van der Waals surface area contributed by atoms with Gasteiger partial charge in [-0.15, -0.1) is 11.8 Å². The molecular formula is C13H10Br2ClNS. The van der Waals surface area contributed by atoms with E-state index in [9.17, 15) is 0 Å². The Labute approximate surface area is 132 Å². The molecule has 0 saturated carbocycles. The zero-order chi connectivity index (χ0) is 13.1. The fourth-order valence-electron chi connectivity index (χ4n) is 1.43. The van der Waals surface area contributed by atoms with Crippen molar-refractivity contribution in [3.8, 4) is 0 Å². The molecule has 0 saturated heterocycles. The standard InChI is InChI=1S/C13H10Br2ClNS/c14-9-2-1-8(12(16)5-9)7-18-13-4-3-10(17)6-11(13)15/h1-6H,7,17H2. The van der Waals surface area contributed by atoms with E-state index >= 15 is 0 Å². The average molecular weight is 408 g/mol. The van der Waals surface area contributed by atoms with Gasteiger partial charge in [0.15, 0.2) is 0 Å². The third-order valence-corrected chi connectivity index (χ3v) is 5.24. The van der Waals surface area contributed by atoms with Crippen LogP contribution in [0, 0.1) is 0 Å². The van der Waals surface area contributed by atoms with Crippen LogP contribution >= 0.6 is 55.2 Å². The van der Waals surface area contributed by atoms with Crippen LogP contribution in [0.15, 0.2) is 50.2 Å². The first kappa shape index (κ1) is 14.3. The summed E-state index contributed by atoms with van der Waals surface area (Å²) in [5.74, 6) is 0.828. The third-order valence-electron chi connectivity index (χ3n) is 2.35. The second-order valence-electron chi connectivity index (χ2n) is 3.71. The molecule has 0 fully saturated rings. The molecule has 0 heterocycles. The zero-order valence-electron chi connectivity index (χ0n) is 9.29. The van der Waals surface area contributed by atoms with Gasteiger partial charge in [0.2, 0.25) is 0 Å². The maximum atomic E-state index is 6.19. The third kappa shape index (κ3) is 3.67. The van der Waals surface area contributed by atoms with Gasteiger partial charge in [-0.3, -0.25) is 0 Å². The van der Waals surface area contributed by atoms with Gasteiger partial charge in [-0.2, -0.15) is 0 Å². The summed E-state index contributed by atoms with van der Waals surface area (Å²) in [6, 6.07) is 11.8. The lowest BCUT2D eigenvalue weighted by Gasteiger charge is -2.07. The summed E-state index contributed by atoms with van der Waals surface area (Å²) in [4.78, 5) is 1.16. The Morgan fingerprint density at radius 1 is 1.11 bits per heavy atom. The van der Waals surface area contributed by atoms with Gasteiger partial charge in [0.1, 0.15) is 0 Å². The summed E-state index contributed by atoms with van der Waals surface area (Å²) in [6.07, 6.45) is 0. The van der Waals surface area contributed by atoms with E-state index in [-0.39, 0.29) is 0 Å². The first-order chi connectivity index (χ1) is 8.56. The fraction of sp³-hybridized carbons (Fsp3) is 0.0769. The number of hydrogen-bond acceptors (Lipinski definition) is 2. The maximum Gasteiger partial charge on any atom is 0.0457 e. The van der Waals surface area contributed by atoms with E-state index < -0.39 is 0 Å². The lowest BCUT2D eigenvalue weighted by molar-refractivity contribution is 1.35. The number of halogens is 3. The highest BCUT2D eigenvalue weighted by atomic mass is 79.9. The van der Waals surface area contributed by atoms with Gasteiger partial charge in [-0.05, 0) is 51.8 Å². The van der Waals surface area contributed by atoms with Crippen molar-refractivity contribution >= 4 is 60.9 Å². The Bertz CT molecular complexity index is 523. The molecule has 0 aliphatic heterocycles. The Balaban J connectivity index is 2.11. The normalized spacial score (nSPS) is 10.6. The molecule has 2 aromatic carbocycles. The minimum Gasteiger partial charge on any atom is -0.399 e. The topological polar surface area (TPSA) is 26.0 Å². The molecule has 0 spiro atoms. The van der Waals surface area contributed by atoms with Crippen LogP contribution in [-0.2, 0) is 5.75 Å². The van der Waals surface area contributed by atoms with Crippen molar-refractivity contribution in [3.63, 3.8) is 0 Å². The van der Waals surface area contributed by atoms with Crippen molar-refractivity contribution in [1.29, 1.82) is 0 Å². The van der Waals surface area contributed by atoms with Gasteiger partial charge >= 0.3 is 0 Å². The van der Waals surface area contributed by atoms with Gasteiger partial charge in [0, 0.05) is 30.3 Å². The van der Waals surface area contributed by atoms with Crippen molar-refractivity contribution < 1.29 is 0 Å². The van der Waals surface area contributed by atoms with Crippen LogP contribution in [0.5, 0.6) is 0 Å². The van der Waals surface area contributed by atoms with E-state index in [0.717, 1.165) is 35.9 Å². The molecule has 0 amide bonds. The van der Waals surface area contributed by atoms with Crippen LogP contribution in [0.25, 0.3) is 0 Å². The maximum absolute atomic E-state index is 6.19. The highest BCUT2D eigenvalue weighted by Gasteiger charge is 2.05. The van der Waals surface area contributed by atoms with Crippen molar-refractivity contribution in [2.24, 2.45) is 0 Å². The predicted octanol–water partition coefficient (Wildman–Crippen LogP) is 5.74. The number of thioether (sulfide) groups is 1. The van der Waals surface area contributed by atoms with E-state index in [2.05, 4.69) is 31.9 Å². The van der Waals surface area contributed by atoms with E-state index in [4.69, 9.17) is 17.3 Å². The first-order valence-corrected chi connectivity index (χ1v) is 8.13. The highest BCUT2D eigenvalue weighted by molar-refractivity contribution is 9.10. The van der Waals surface area contributed by atoms with Crippen LogP contribution < -0.4 is 5.73 Å². The van der Waals surface area contributed by atoms with E-state index in [1.807, 2.05) is 36.4 Å². The molecule has 0 aliphatic carbocycles. The summed E-state index contributed by atoms with van der Waals surface area (Å²) in [5, 5.41) is 0.781. The molecule has 18 heavy (non-hydrogen) atoms. The number of anilines is 1. The van der Waals surface area contributed by atoms with E-state index in [1.165, 1.54) is 0 Å². The fourth-order valence-corrected chi connectivity index (χ4v) is 3.91. The van der Waals surface area contributed by atoms with E-state index in [1.54, 1.807) is 11.8 Å². The van der Waals surface area contributed by atoms with Gasteiger partial charge in [-0.25, -0.2) is 0 Å². The summed E-state index contributed by atoms with van der Waals surface area (Å²) in [6.45, 7) is 0. The Morgan fingerprint density at radius 2 is 1.89 bits per heavy atom. The van der Waals surface area contributed by atoms with Crippen LogP contribution in [-0.4, -0.2) is 0 Å². The number of nitrogens with two attached hydrogens (primary N) is 1. The molecule has 94 valence electrons. The molecule has 0 bridgehead atoms. The molecule has 0 radical (unpaired) electrons. The minimum atomic E-state index is 0.757. The molecular weight excluding hydrogens is 397 g/mol. The monoisotopic (exact) mass is 405 g/mol. The molecule has 0 atom stereocenters. The van der Waals surface area contributed by atoms with Gasteiger partial charge < -0.3 is 5.73 Å². The number of benzene rings is 2. The quantitative estimate of drug-likeness (QED) is 0.519. The highest BCUT2D eigenvalue weighted by Crippen LogP contribution is 2.33.